The minimum atomic E-state index is -0.578. The van der Waals surface area contributed by atoms with Gasteiger partial charge in [0, 0.05) is 6.54 Å². The van der Waals surface area contributed by atoms with Crippen LogP contribution in [-0.4, -0.2) is 57.3 Å². The zero-order chi connectivity index (χ0) is 22.2. The number of amides is 1. The topological polar surface area (TPSA) is 67.8 Å². The molecule has 2 saturated heterocycles. The van der Waals surface area contributed by atoms with E-state index in [4.69, 9.17) is 21.1 Å². The van der Waals surface area contributed by atoms with E-state index in [1.54, 1.807) is 0 Å². The van der Waals surface area contributed by atoms with Gasteiger partial charge in [-0.05, 0) is 56.5 Å². The van der Waals surface area contributed by atoms with Gasteiger partial charge >= 0.3 is 6.09 Å². The molecule has 166 valence electrons. The number of ether oxygens (including phenoxy) is 2. The number of nitrogens with zero attached hydrogens (tertiary/aromatic N) is 4. The van der Waals surface area contributed by atoms with Crippen molar-refractivity contribution in [2.24, 2.45) is 0 Å². The van der Waals surface area contributed by atoms with E-state index in [0.717, 1.165) is 12.8 Å². The Morgan fingerprint density at radius 1 is 1.35 bits per heavy atom. The Kier molecular flexibility index (Phi) is 4.79. The molecule has 0 aliphatic carbocycles. The second-order valence-electron chi connectivity index (χ2n) is 9.34. The lowest BCUT2D eigenvalue weighted by molar-refractivity contribution is 0.00116. The summed E-state index contributed by atoms with van der Waals surface area (Å²) in [7, 11) is 0. The van der Waals surface area contributed by atoms with Crippen molar-refractivity contribution < 1.29 is 18.7 Å². The van der Waals surface area contributed by atoms with Gasteiger partial charge in [-0.2, -0.15) is 0 Å². The van der Waals surface area contributed by atoms with Gasteiger partial charge in [0.2, 0.25) is 0 Å². The number of benzene rings is 1. The van der Waals surface area contributed by atoms with Crippen LogP contribution in [0.3, 0.4) is 0 Å². The zero-order valence-electron chi connectivity index (χ0n) is 17.7. The van der Waals surface area contributed by atoms with Crippen molar-refractivity contribution in [3.05, 3.63) is 21.6 Å². The van der Waals surface area contributed by atoms with Crippen LogP contribution in [0.15, 0.2) is 10.8 Å². The maximum atomic E-state index is 15.0. The largest absolute Gasteiger partial charge is 0.486 e. The summed E-state index contributed by atoms with van der Waals surface area (Å²) >= 11 is 9.70. The van der Waals surface area contributed by atoms with E-state index in [-0.39, 0.29) is 45.3 Å². The number of anilines is 1. The number of halogens is 3. The monoisotopic (exact) mass is 512 g/mol. The lowest BCUT2D eigenvalue weighted by Crippen LogP contribution is -2.65. The van der Waals surface area contributed by atoms with Gasteiger partial charge in [-0.25, -0.2) is 19.2 Å². The number of aromatic nitrogens is 2. The van der Waals surface area contributed by atoms with Gasteiger partial charge in [0.05, 0.1) is 28.0 Å². The average Bonchev–Trinajstić information content (AvgIpc) is 2.94. The molecule has 0 spiro atoms. The van der Waals surface area contributed by atoms with Crippen LogP contribution in [0, 0.1) is 5.82 Å². The third-order valence-corrected chi connectivity index (χ3v) is 7.55. The first-order valence-electron chi connectivity index (χ1n) is 10.3. The highest BCUT2D eigenvalue weighted by Gasteiger charge is 2.53. The second-order valence-corrected chi connectivity index (χ2v) is 10.5. The first-order chi connectivity index (χ1) is 14.6. The molecule has 0 N–H and O–H groups in total. The first kappa shape index (κ1) is 21.0. The average molecular weight is 514 g/mol. The maximum Gasteiger partial charge on any atom is 0.410 e. The fraction of sp³-hybridized carbons (Fsp3) is 0.571. The Morgan fingerprint density at radius 2 is 2.10 bits per heavy atom. The summed E-state index contributed by atoms with van der Waals surface area (Å²) in [5.74, 6) is 0.406. The smallest absolute Gasteiger partial charge is 0.410 e. The van der Waals surface area contributed by atoms with Crippen molar-refractivity contribution >= 4 is 50.3 Å². The fourth-order valence-electron chi connectivity index (χ4n) is 5.12. The minimum Gasteiger partial charge on any atom is -0.486 e. The Hall–Kier alpha value is -1.87. The summed E-state index contributed by atoms with van der Waals surface area (Å²) in [6.45, 7) is 8.09. The highest BCUT2D eigenvalue weighted by atomic mass is 79.9. The highest BCUT2D eigenvalue weighted by molar-refractivity contribution is 9.10. The standard InChI is InChI=1S/C21H23BrClFN4O3/c1-9-17-11-6-5-10(28(11)20(29)31-21(2,3)4)7-27(17)19-12-16(25-8-26-19)15(24)13(22)14(23)18(12)30-9/h8-11,17H,5-7H2,1-4H3/t9-,10+,11-,17+/m0/s1. The molecule has 0 saturated carbocycles. The molecule has 2 fully saturated rings. The molecule has 2 bridgehead atoms. The van der Waals surface area contributed by atoms with Crippen LogP contribution in [0.2, 0.25) is 5.02 Å². The van der Waals surface area contributed by atoms with Gasteiger partial charge < -0.3 is 14.4 Å². The number of hydrogen-bond donors (Lipinski definition) is 0. The number of rotatable bonds is 0. The summed E-state index contributed by atoms with van der Waals surface area (Å²) in [6, 6.07) is -0.324. The molecule has 4 heterocycles. The lowest BCUT2D eigenvalue weighted by Gasteiger charge is -2.48. The van der Waals surface area contributed by atoms with Gasteiger partial charge in [-0.15, -0.1) is 0 Å². The fourth-order valence-corrected chi connectivity index (χ4v) is 5.71. The van der Waals surface area contributed by atoms with Crippen LogP contribution >= 0.6 is 27.5 Å². The zero-order valence-corrected chi connectivity index (χ0v) is 20.0. The van der Waals surface area contributed by atoms with E-state index >= 15 is 0 Å². The molecule has 1 aromatic heterocycles. The van der Waals surface area contributed by atoms with Crippen LogP contribution in [-0.2, 0) is 4.74 Å². The van der Waals surface area contributed by atoms with Crippen LogP contribution < -0.4 is 9.64 Å². The van der Waals surface area contributed by atoms with Gasteiger partial charge in [0.15, 0.2) is 11.6 Å². The molecule has 3 aliphatic rings. The molecule has 5 rings (SSSR count). The Labute approximate surface area is 193 Å². The summed E-state index contributed by atoms with van der Waals surface area (Å²) in [5.41, 5.74) is -0.419. The molecular weight excluding hydrogens is 491 g/mol. The normalized spacial score (nSPS) is 27.1. The van der Waals surface area contributed by atoms with Gasteiger partial charge in [-0.1, -0.05) is 11.6 Å². The van der Waals surface area contributed by atoms with E-state index in [0.29, 0.717) is 23.5 Å². The van der Waals surface area contributed by atoms with Crippen LogP contribution in [0.1, 0.15) is 40.5 Å². The Bertz CT molecular complexity index is 1090. The molecule has 2 aromatic rings. The van der Waals surface area contributed by atoms with Crippen molar-refractivity contribution in [2.75, 3.05) is 11.4 Å². The molecular formula is C21H23BrClFN4O3. The highest BCUT2D eigenvalue weighted by Crippen LogP contribution is 2.49. The minimum absolute atomic E-state index is 0.0226. The van der Waals surface area contributed by atoms with Gasteiger partial charge in [0.1, 0.15) is 34.4 Å². The number of hydrogen-bond acceptors (Lipinski definition) is 6. The quantitative estimate of drug-likeness (QED) is 0.466. The van der Waals surface area contributed by atoms with Gasteiger partial charge in [-0.3, -0.25) is 4.90 Å². The van der Waals surface area contributed by atoms with Crippen LogP contribution in [0.5, 0.6) is 5.75 Å². The third kappa shape index (κ3) is 3.15. The molecule has 7 nitrogen and oxygen atoms in total. The molecule has 31 heavy (non-hydrogen) atoms. The van der Waals surface area contributed by atoms with Crippen molar-refractivity contribution in [3.8, 4) is 5.75 Å². The first-order valence-corrected chi connectivity index (χ1v) is 11.5. The van der Waals surface area contributed by atoms with E-state index in [1.807, 2.05) is 32.6 Å². The number of fused-ring (bicyclic) bond motifs is 5. The molecule has 0 unspecified atom stereocenters. The van der Waals surface area contributed by atoms with E-state index in [9.17, 15) is 9.18 Å². The molecule has 1 aromatic carbocycles. The molecule has 1 amide bonds. The van der Waals surface area contributed by atoms with Crippen molar-refractivity contribution in [3.63, 3.8) is 0 Å². The SMILES string of the molecule is C[C@@H]1Oc2c(Cl)c(Br)c(F)c3ncnc(c23)N2C[C@H]3CC[C@@H]([C@@H]12)N3C(=O)OC(C)(C)C. The number of piperazine rings is 1. The van der Waals surface area contributed by atoms with Crippen LogP contribution in [0.4, 0.5) is 15.0 Å². The van der Waals surface area contributed by atoms with E-state index in [1.165, 1.54) is 6.33 Å². The number of carbonyl (C=O) groups excluding carboxylic acids is 1. The maximum absolute atomic E-state index is 15.0. The summed E-state index contributed by atoms with van der Waals surface area (Å²) < 4.78 is 27.1. The van der Waals surface area contributed by atoms with Crippen molar-refractivity contribution in [1.29, 1.82) is 0 Å². The Morgan fingerprint density at radius 3 is 2.81 bits per heavy atom. The van der Waals surface area contributed by atoms with Crippen molar-refractivity contribution in [2.45, 2.75) is 70.4 Å². The summed E-state index contributed by atoms with van der Waals surface area (Å²) in [5, 5.41) is 0.620. The van der Waals surface area contributed by atoms with E-state index < -0.39 is 11.4 Å². The molecule has 3 aliphatic heterocycles. The second kappa shape index (κ2) is 7.07. The van der Waals surface area contributed by atoms with E-state index in [2.05, 4.69) is 30.8 Å². The molecule has 4 atom stereocenters. The number of carbonyl (C=O) groups is 1. The predicted molar refractivity (Wildman–Crippen MR) is 118 cm³/mol. The van der Waals surface area contributed by atoms with Gasteiger partial charge in [0.25, 0.3) is 0 Å². The Balaban J connectivity index is 1.63. The summed E-state index contributed by atoms with van der Waals surface area (Å²) in [6.07, 6.45) is 2.41. The third-order valence-electron chi connectivity index (χ3n) is 6.22. The molecule has 0 radical (unpaired) electrons. The molecule has 10 heteroatoms. The summed E-state index contributed by atoms with van der Waals surface area (Å²) in [4.78, 5) is 25.7. The van der Waals surface area contributed by atoms with Crippen LogP contribution in [0.25, 0.3) is 10.9 Å². The van der Waals surface area contributed by atoms with Crippen molar-refractivity contribution in [1.82, 2.24) is 14.9 Å². The predicted octanol–water partition coefficient (Wildman–Crippen LogP) is 4.92. The lowest BCUT2D eigenvalue weighted by atomic mass is 9.98.